The summed E-state index contributed by atoms with van der Waals surface area (Å²) >= 11 is 0. The molecule has 3 rings (SSSR count). The van der Waals surface area contributed by atoms with Crippen LogP contribution < -0.4 is 4.90 Å². The predicted octanol–water partition coefficient (Wildman–Crippen LogP) is 1.31. The van der Waals surface area contributed by atoms with E-state index in [0.717, 1.165) is 55.5 Å². The maximum Gasteiger partial charge on any atom is 0.317 e. The van der Waals surface area contributed by atoms with E-state index >= 15 is 0 Å². The van der Waals surface area contributed by atoms with Crippen molar-refractivity contribution in [2.24, 2.45) is 0 Å². The zero-order valence-corrected chi connectivity index (χ0v) is 13.7. The first-order chi connectivity index (χ1) is 11.7. The number of aryl methyl sites for hydroxylation is 1. The Kier molecular flexibility index (Phi) is 5.00. The molecule has 1 fully saturated rings. The van der Waals surface area contributed by atoms with E-state index in [9.17, 15) is 4.79 Å². The topological polar surface area (TPSA) is 82.5 Å². The van der Waals surface area contributed by atoms with E-state index < -0.39 is 5.97 Å². The van der Waals surface area contributed by atoms with Gasteiger partial charge >= 0.3 is 5.97 Å². The van der Waals surface area contributed by atoms with E-state index in [0.29, 0.717) is 0 Å². The summed E-state index contributed by atoms with van der Waals surface area (Å²) in [6.07, 6.45) is 4.31. The van der Waals surface area contributed by atoms with Crippen molar-refractivity contribution in [1.29, 1.82) is 0 Å². The molecule has 1 aliphatic heterocycles. The Bertz CT molecular complexity index is 699. The fraction of sp³-hybridized carbons (Fsp3) is 0.412. The number of pyridine rings is 1. The third-order valence-electron chi connectivity index (χ3n) is 4.09. The first-order valence-corrected chi connectivity index (χ1v) is 8.13. The summed E-state index contributed by atoms with van der Waals surface area (Å²) in [5.41, 5.74) is 1.85. The van der Waals surface area contributed by atoms with Crippen LogP contribution in [0.5, 0.6) is 0 Å². The van der Waals surface area contributed by atoms with Crippen LogP contribution in [0, 0.1) is 0 Å². The maximum absolute atomic E-state index is 10.8. The molecule has 0 unspecified atom stereocenters. The van der Waals surface area contributed by atoms with Crippen molar-refractivity contribution in [3.05, 3.63) is 36.4 Å². The Morgan fingerprint density at radius 1 is 1.25 bits per heavy atom. The molecule has 24 heavy (non-hydrogen) atoms. The highest BCUT2D eigenvalue weighted by atomic mass is 16.4. The van der Waals surface area contributed by atoms with Gasteiger partial charge in [0.15, 0.2) is 0 Å². The van der Waals surface area contributed by atoms with Crippen molar-refractivity contribution in [3.63, 3.8) is 0 Å². The van der Waals surface area contributed by atoms with Gasteiger partial charge in [-0.05, 0) is 12.1 Å². The quantitative estimate of drug-likeness (QED) is 0.886. The van der Waals surface area contributed by atoms with Gasteiger partial charge in [-0.15, -0.1) is 0 Å². The standard InChI is InChI=1S/C17H21N5O2/c1-2-15-19-14(13-4-3-5-18-11-13)10-16(20-15)22-8-6-21(7-9-22)12-17(23)24/h3-5,10-11H,2,6-9,12H2,1H3,(H,23,24). The van der Waals surface area contributed by atoms with Crippen molar-refractivity contribution in [1.82, 2.24) is 19.9 Å². The van der Waals surface area contributed by atoms with E-state index in [2.05, 4.69) is 19.9 Å². The van der Waals surface area contributed by atoms with Crippen LogP contribution in [0.1, 0.15) is 12.7 Å². The van der Waals surface area contributed by atoms with E-state index in [1.54, 1.807) is 12.4 Å². The minimum Gasteiger partial charge on any atom is -0.480 e. The van der Waals surface area contributed by atoms with Gasteiger partial charge in [-0.3, -0.25) is 14.7 Å². The molecule has 7 heteroatoms. The molecule has 0 saturated carbocycles. The van der Waals surface area contributed by atoms with Crippen LogP contribution in [0.15, 0.2) is 30.6 Å². The molecule has 1 saturated heterocycles. The summed E-state index contributed by atoms with van der Waals surface area (Å²) in [7, 11) is 0. The third-order valence-corrected chi connectivity index (χ3v) is 4.09. The van der Waals surface area contributed by atoms with Crippen molar-refractivity contribution in [2.75, 3.05) is 37.6 Å². The number of aliphatic carboxylic acids is 1. The van der Waals surface area contributed by atoms with Crippen molar-refractivity contribution in [3.8, 4) is 11.3 Å². The highest BCUT2D eigenvalue weighted by Gasteiger charge is 2.20. The molecule has 0 aliphatic carbocycles. The minimum atomic E-state index is -0.780. The molecule has 126 valence electrons. The number of anilines is 1. The average Bonchev–Trinajstić information content (AvgIpc) is 2.62. The lowest BCUT2D eigenvalue weighted by Gasteiger charge is -2.34. The highest BCUT2D eigenvalue weighted by molar-refractivity contribution is 5.69. The molecule has 2 aromatic rings. The second-order valence-corrected chi connectivity index (χ2v) is 5.78. The van der Waals surface area contributed by atoms with Crippen molar-refractivity contribution < 1.29 is 9.90 Å². The Morgan fingerprint density at radius 3 is 2.67 bits per heavy atom. The fourth-order valence-electron chi connectivity index (χ4n) is 2.79. The minimum absolute atomic E-state index is 0.0960. The fourth-order valence-corrected chi connectivity index (χ4v) is 2.79. The van der Waals surface area contributed by atoms with Gasteiger partial charge in [0.25, 0.3) is 0 Å². The monoisotopic (exact) mass is 327 g/mol. The van der Waals surface area contributed by atoms with Gasteiger partial charge in [0.05, 0.1) is 12.2 Å². The smallest absolute Gasteiger partial charge is 0.317 e. The summed E-state index contributed by atoms with van der Waals surface area (Å²) in [5.74, 6) is 0.924. The van der Waals surface area contributed by atoms with Gasteiger partial charge in [-0.25, -0.2) is 9.97 Å². The number of hydrogen-bond donors (Lipinski definition) is 1. The van der Waals surface area contributed by atoms with Crippen LogP contribution in [0.4, 0.5) is 5.82 Å². The molecule has 2 aromatic heterocycles. The molecule has 0 bridgehead atoms. The maximum atomic E-state index is 10.8. The molecule has 7 nitrogen and oxygen atoms in total. The van der Waals surface area contributed by atoms with E-state index in [4.69, 9.17) is 5.11 Å². The number of carboxylic acids is 1. The molecule has 0 spiro atoms. The Labute approximate surface area is 141 Å². The molecule has 1 aliphatic rings. The van der Waals surface area contributed by atoms with Gasteiger partial charge in [-0.1, -0.05) is 6.92 Å². The van der Waals surface area contributed by atoms with Crippen molar-refractivity contribution >= 4 is 11.8 Å². The molecule has 3 heterocycles. The molecule has 0 aromatic carbocycles. The van der Waals surface area contributed by atoms with Gasteiger partial charge in [0, 0.05) is 56.6 Å². The molecule has 0 amide bonds. The molecule has 0 radical (unpaired) electrons. The number of piperazine rings is 1. The van der Waals surface area contributed by atoms with Crippen LogP contribution in [0.3, 0.4) is 0 Å². The molecule has 1 N–H and O–H groups in total. The van der Waals surface area contributed by atoms with Gasteiger partial charge in [0.1, 0.15) is 11.6 Å². The largest absolute Gasteiger partial charge is 0.480 e. The lowest BCUT2D eigenvalue weighted by molar-refractivity contribution is -0.138. The van der Waals surface area contributed by atoms with Crippen LogP contribution in [-0.2, 0) is 11.2 Å². The lowest BCUT2D eigenvalue weighted by Crippen LogP contribution is -2.48. The van der Waals surface area contributed by atoms with E-state index in [1.807, 2.05) is 30.0 Å². The van der Waals surface area contributed by atoms with Crippen LogP contribution in [-0.4, -0.2) is 63.7 Å². The zero-order chi connectivity index (χ0) is 16.9. The number of aromatic nitrogens is 3. The lowest BCUT2D eigenvalue weighted by atomic mass is 10.2. The Hall–Kier alpha value is -2.54. The second-order valence-electron chi connectivity index (χ2n) is 5.78. The van der Waals surface area contributed by atoms with E-state index in [-0.39, 0.29) is 6.54 Å². The van der Waals surface area contributed by atoms with Gasteiger partial charge in [-0.2, -0.15) is 0 Å². The van der Waals surface area contributed by atoms with Crippen LogP contribution >= 0.6 is 0 Å². The summed E-state index contributed by atoms with van der Waals surface area (Å²) in [6, 6.07) is 5.87. The zero-order valence-electron chi connectivity index (χ0n) is 13.7. The number of carbonyl (C=O) groups is 1. The molecule has 0 atom stereocenters. The number of nitrogens with zero attached hydrogens (tertiary/aromatic N) is 5. The van der Waals surface area contributed by atoms with Crippen molar-refractivity contribution in [2.45, 2.75) is 13.3 Å². The summed E-state index contributed by atoms with van der Waals surface area (Å²) in [6.45, 7) is 5.11. The first kappa shape index (κ1) is 16.3. The summed E-state index contributed by atoms with van der Waals surface area (Å²) < 4.78 is 0. The van der Waals surface area contributed by atoms with Crippen LogP contribution in [0.25, 0.3) is 11.3 Å². The van der Waals surface area contributed by atoms with Crippen LogP contribution in [0.2, 0.25) is 0 Å². The first-order valence-electron chi connectivity index (χ1n) is 8.13. The average molecular weight is 327 g/mol. The van der Waals surface area contributed by atoms with E-state index in [1.165, 1.54) is 0 Å². The number of hydrogen-bond acceptors (Lipinski definition) is 6. The normalized spacial score (nSPS) is 15.5. The Morgan fingerprint density at radius 2 is 2.04 bits per heavy atom. The molecular weight excluding hydrogens is 306 g/mol. The van der Waals surface area contributed by atoms with Gasteiger partial charge in [0.2, 0.25) is 0 Å². The molecular formula is C17H21N5O2. The SMILES string of the molecule is CCc1nc(-c2cccnc2)cc(N2CCN(CC(=O)O)CC2)n1. The summed E-state index contributed by atoms with van der Waals surface area (Å²) in [4.78, 5) is 28.4. The third kappa shape index (κ3) is 3.86. The van der Waals surface area contributed by atoms with Gasteiger partial charge < -0.3 is 10.0 Å². The predicted molar refractivity (Wildman–Crippen MR) is 90.9 cm³/mol. The second kappa shape index (κ2) is 7.35. The summed E-state index contributed by atoms with van der Waals surface area (Å²) in [5, 5.41) is 8.90. The Balaban J connectivity index is 1.80. The number of rotatable bonds is 5. The highest BCUT2D eigenvalue weighted by Crippen LogP contribution is 2.22. The number of carboxylic acid groups (broad SMARTS) is 1.